The molecule has 46 heavy (non-hydrogen) atoms. The Hall–Kier alpha value is -4.90. The highest BCUT2D eigenvalue weighted by Crippen LogP contribution is 2.53. The lowest BCUT2D eigenvalue weighted by atomic mass is 10.1. The van der Waals surface area contributed by atoms with Gasteiger partial charge in [0, 0.05) is 72.9 Å². The van der Waals surface area contributed by atoms with Gasteiger partial charge in [0.15, 0.2) is 5.65 Å². The summed E-state index contributed by atoms with van der Waals surface area (Å²) < 4.78 is 2.00. The van der Waals surface area contributed by atoms with Crippen LogP contribution in [0.3, 0.4) is 0 Å². The van der Waals surface area contributed by atoms with Gasteiger partial charge in [0.25, 0.3) is 0 Å². The summed E-state index contributed by atoms with van der Waals surface area (Å²) in [5, 5.41) is 12.0. The number of aromatic nitrogens is 5. The van der Waals surface area contributed by atoms with E-state index < -0.39 is 6.10 Å². The molecule has 1 aromatic carbocycles. The monoisotopic (exact) mass is 614 g/mol. The number of carbonyl (C=O) groups excluding carboxylic acids is 2. The van der Waals surface area contributed by atoms with Gasteiger partial charge < -0.3 is 14.4 Å². The molecular formula is C35H34N8O3. The van der Waals surface area contributed by atoms with Crippen LogP contribution < -0.4 is 9.80 Å². The molecule has 5 aromatic rings. The Balaban J connectivity index is 1.05. The van der Waals surface area contributed by atoms with Crippen molar-refractivity contribution in [2.75, 3.05) is 29.9 Å². The van der Waals surface area contributed by atoms with Gasteiger partial charge >= 0.3 is 6.03 Å². The average molecular weight is 615 g/mol. The van der Waals surface area contributed by atoms with Crippen molar-refractivity contribution in [3.05, 3.63) is 89.5 Å². The number of hydrogen-bond acceptors (Lipinski definition) is 8. The van der Waals surface area contributed by atoms with Crippen molar-refractivity contribution in [1.82, 2.24) is 29.2 Å². The normalized spacial score (nSPS) is 24.6. The summed E-state index contributed by atoms with van der Waals surface area (Å²) in [6, 6.07) is 14.0. The van der Waals surface area contributed by atoms with Crippen LogP contribution >= 0.6 is 0 Å². The average Bonchev–Trinajstić information content (AvgIpc) is 3.97. The van der Waals surface area contributed by atoms with Crippen LogP contribution in [0.4, 0.5) is 16.2 Å². The van der Waals surface area contributed by atoms with Gasteiger partial charge in [0.1, 0.15) is 12.4 Å². The number of hydrogen-bond donors (Lipinski definition) is 1. The minimum atomic E-state index is -0.515. The quantitative estimate of drug-likeness (QED) is 0.270. The summed E-state index contributed by atoms with van der Waals surface area (Å²) in [5.41, 5.74) is 7.18. The Labute approximate surface area is 265 Å². The van der Waals surface area contributed by atoms with Gasteiger partial charge in [-0.15, -0.1) is 0 Å². The van der Waals surface area contributed by atoms with E-state index in [1.54, 1.807) is 0 Å². The first kappa shape index (κ1) is 27.4. The fraction of sp³-hybridized carbons (Fsp3) is 0.371. The standard InChI is InChI=1S/C35H34N8O3/c1-19-9-10-36-33(37-19)26-14-25(26)27-8-6-21-5-7-23(12-28(21)38-27)42-16-24(44)13-30(42)29-17-41-15-22(20-3-4-20)11-31(34(41)39-29)43-18-32(45)40(2)35(43)46/h5-12,15,17,20,24-26,30,44H,3-4,13-14,16,18H2,1-2H3/t24-,25-,26-,30+/m0/s1. The number of fused-ring (bicyclic) bond motifs is 2. The van der Waals surface area contributed by atoms with E-state index in [0.29, 0.717) is 42.1 Å². The molecule has 2 saturated heterocycles. The van der Waals surface area contributed by atoms with Crippen LogP contribution in [0.1, 0.15) is 77.9 Å². The highest BCUT2D eigenvalue weighted by molar-refractivity contribution is 6.13. The first-order valence-electron chi connectivity index (χ1n) is 16.1. The molecule has 232 valence electrons. The largest absolute Gasteiger partial charge is 0.391 e. The zero-order chi connectivity index (χ0) is 31.3. The predicted octanol–water partition coefficient (Wildman–Crippen LogP) is 4.84. The van der Waals surface area contributed by atoms with E-state index in [-0.39, 0.29) is 24.5 Å². The van der Waals surface area contributed by atoms with Crippen molar-refractivity contribution in [3.63, 3.8) is 0 Å². The zero-order valence-corrected chi connectivity index (χ0v) is 25.7. The molecule has 0 radical (unpaired) electrons. The lowest BCUT2D eigenvalue weighted by Crippen LogP contribution is -2.30. The van der Waals surface area contributed by atoms with Crippen LogP contribution in [0.25, 0.3) is 16.6 Å². The molecule has 3 amide bonds. The number of likely N-dealkylation sites (N-methyl/N-ethyl adjacent to an activating group) is 1. The first-order valence-corrected chi connectivity index (χ1v) is 16.1. The Bertz CT molecular complexity index is 2070. The van der Waals surface area contributed by atoms with Gasteiger partial charge in [-0.2, -0.15) is 0 Å². The van der Waals surface area contributed by atoms with Gasteiger partial charge in [0.05, 0.1) is 29.0 Å². The second-order valence-electron chi connectivity index (χ2n) is 13.3. The van der Waals surface area contributed by atoms with E-state index in [1.165, 1.54) is 11.9 Å². The highest BCUT2D eigenvalue weighted by atomic mass is 16.3. The maximum Gasteiger partial charge on any atom is 0.331 e. The van der Waals surface area contributed by atoms with Crippen LogP contribution in [0, 0.1) is 6.92 Å². The molecule has 0 bridgehead atoms. The van der Waals surface area contributed by atoms with E-state index >= 15 is 0 Å². The molecule has 4 fully saturated rings. The van der Waals surface area contributed by atoms with Crippen LogP contribution in [0.2, 0.25) is 0 Å². The predicted molar refractivity (Wildman–Crippen MR) is 172 cm³/mol. The van der Waals surface area contributed by atoms with Crippen molar-refractivity contribution in [2.45, 2.75) is 62.5 Å². The minimum absolute atomic E-state index is 0.00126. The molecule has 2 saturated carbocycles. The lowest BCUT2D eigenvalue weighted by Gasteiger charge is -2.25. The van der Waals surface area contributed by atoms with Crippen LogP contribution in [-0.4, -0.2) is 72.5 Å². The number of pyridine rings is 2. The van der Waals surface area contributed by atoms with Gasteiger partial charge in [-0.25, -0.2) is 19.7 Å². The Morgan fingerprint density at radius 1 is 0.913 bits per heavy atom. The molecule has 4 aliphatic rings. The number of imide groups is 1. The second-order valence-corrected chi connectivity index (χ2v) is 13.3. The van der Waals surface area contributed by atoms with E-state index in [0.717, 1.165) is 69.2 Å². The fourth-order valence-corrected chi connectivity index (χ4v) is 7.25. The number of urea groups is 1. The SMILES string of the molecule is Cc1ccnc([C@H]2C[C@@H]2c2ccc3ccc(N4C[C@@H](O)C[C@@H]4c4cn5cc(C6CC6)cc(N6CC(=O)N(C)C6=O)c5n4)cc3n2)n1. The molecule has 0 spiro atoms. The highest BCUT2D eigenvalue weighted by Gasteiger charge is 2.43. The molecule has 11 heteroatoms. The molecular weight excluding hydrogens is 580 g/mol. The minimum Gasteiger partial charge on any atom is -0.391 e. The fourth-order valence-electron chi connectivity index (χ4n) is 7.25. The number of anilines is 2. The first-order chi connectivity index (χ1) is 22.3. The Kier molecular flexibility index (Phi) is 5.99. The summed E-state index contributed by atoms with van der Waals surface area (Å²) >= 11 is 0. The number of nitrogens with zero attached hydrogens (tertiary/aromatic N) is 8. The molecule has 4 atom stereocenters. The topological polar surface area (TPSA) is 120 Å². The van der Waals surface area contributed by atoms with Crippen molar-refractivity contribution < 1.29 is 14.7 Å². The van der Waals surface area contributed by atoms with Gasteiger partial charge in [0.2, 0.25) is 5.91 Å². The van der Waals surface area contributed by atoms with Crippen molar-refractivity contribution in [2.24, 2.45) is 0 Å². The molecule has 2 aliphatic heterocycles. The van der Waals surface area contributed by atoms with Gasteiger partial charge in [-0.3, -0.25) is 19.6 Å². The number of β-amino-alcohol motifs (C(OH)–C–C–N with tert-alkyl or cyclic N) is 1. The molecule has 4 aromatic heterocycles. The summed E-state index contributed by atoms with van der Waals surface area (Å²) in [5.74, 6) is 1.71. The third kappa shape index (κ3) is 4.52. The molecule has 2 aliphatic carbocycles. The van der Waals surface area contributed by atoms with Crippen molar-refractivity contribution in [3.8, 4) is 0 Å². The number of aryl methyl sites for hydroxylation is 1. The number of aliphatic hydroxyl groups excluding tert-OH is 1. The van der Waals surface area contributed by atoms with Gasteiger partial charge in [-0.1, -0.05) is 12.1 Å². The van der Waals surface area contributed by atoms with Crippen LogP contribution in [-0.2, 0) is 4.79 Å². The van der Waals surface area contributed by atoms with E-state index in [4.69, 9.17) is 9.97 Å². The number of amides is 3. The molecule has 0 unspecified atom stereocenters. The summed E-state index contributed by atoms with van der Waals surface area (Å²) in [6.07, 6.45) is 9.18. The summed E-state index contributed by atoms with van der Waals surface area (Å²) in [7, 11) is 1.52. The van der Waals surface area contributed by atoms with E-state index in [2.05, 4.69) is 51.4 Å². The summed E-state index contributed by atoms with van der Waals surface area (Å²) in [6.45, 7) is 2.47. The number of aliphatic hydroxyl groups is 1. The third-order valence-corrected chi connectivity index (χ3v) is 10.1. The maximum absolute atomic E-state index is 13.0. The number of imidazole rings is 1. The second kappa shape index (κ2) is 10.1. The van der Waals surface area contributed by atoms with E-state index in [1.807, 2.05) is 35.9 Å². The molecule has 6 heterocycles. The van der Waals surface area contributed by atoms with Crippen molar-refractivity contribution in [1.29, 1.82) is 0 Å². The number of rotatable bonds is 6. The van der Waals surface area contributed by atoms with Crippen LogP contribution in [0.5, 0.6) is 0 Å². The van der Waals surface area contributed by atoms with E-state index in [9.17, 15) is 14.7 Å². The molecule has 1 N–H and O–H groups in total. The van der Waals surface area contributed by atoms with Gasteiger partial charge in [-0.05, 0) is 68.0 Å². The van der Waals surface area contributed by atoms with Crippen molar-refractivity contribution >= 4 is 39.9 Å². The Morgan fingerprint density at radius 2 is 1.76 bits per heavy atom. The molecule has 9 rings (SSSR count). The van der Waals surface area contributed by atoms with Crippen LogP contribution in [0.15, 0.2) is 61.1 Å². The number of benzene rings is 1. The smallest absolute Gasteiger partial charge is 0.331 e. The Morgan fingerprint density at radius 3 is 2.54 bits per heavy atom. The third-order valence-electron chi connectivity index (χ3n) is 10.1. The maximum atomic E-state index is 13.0. The summed E-state index contributed by atoms with van der Waals surface area (Å²) in [4.78, 5) is 49.7. The molecule has 11 nitrogen and oxygen atoms in total. The number of carbonyl (C=O) groups is 2. The zero-order valence-electron chi connectivity index (χ0n) is 25.7. The lowest BCUT2D eigenvalue weighted by molar-refractivity contribution is -0.123.